The molecule has 3 aliphatic rings. The molecule has 0 aliphatic carbocycles. The van der Waals surface area contributed by atoms with Gasteiger partial charge in [0.25, 0.3) is 0 Å². The lowest BCUT2D eigenvalue weighted by atomic mass is 9.70. The summed E-state index contributed by atoms with van der Waals surface area (Å²) < 4.78 is 0.866. The topological polar surface area (TPSA) is 61.6 Å². The Kier molecular flexibility index (Phi) is 8.70. The molecular formula is C24H47ClN5O+. The van der Waals surface area contributed by atoms with Crippen molar-refractivity contribution in [3.63, 3.8) is 0 Å². The van der Waals surface area contributed by atoms with Crippen LogP contribution >= 0.6 is 11.6 Å². The maximum absolute atomic E-state index is 13.9. The number of alkyl halides is 1. The van der Waals surface area contributed by atoms with Crippen LogP contribution < -0.4 is 11.1 Å². The molecule has 0 spiro atoms. The van der Waals surface area contributed by atoms with Crippen molar-refractivity contribution in [1.82, 2.24) is 15.1 Å². The predicted molar refractivity (Wildman–Crippen MR) is 129 cm³/mol. The van der Waals surface area contributed by atoms with E-state index in [1.54, 1.807) is 0 Å². The average molecular weight is 457 g/mol. The first-order valence-electron chi connectivity index (χ1n) is 12.6. The van der Waals surface area contributed by atoms with Gasteiger partial charge in [0, 0.05) is 50.1 Å². The number of carbonyl (C=O) groups excluding carboxylic acids is 1. The smallest absolute Gasteiger partial charge is 0.231 e. The third-order valence-electron chi connectivity index (χ3n) is 8.55. The van der Waals surface area contributed by atoms with Gasteiger partial charge in [0.15, 0.2) is 0 Å². The van der Waals surface area contributed by atoms with Crippen LogP contribution in [0.3, 0.4) is 0 Å². The molecule has 7 heteroatoms. The molecule has 0 radical (unpaired) electrons. The third kappa shape index (κ3) is 5.40. The summed E-state index contributed by atoms with van der Waals surface area (Å²) in [5.74, 6) is 1.33. The molecule has 3 N–H and O–H groups in total. The van der Waals surface area contributed by atoms with Gasteiger partial charge in [0.2, 0.25) is 5.91 Å². The van der Waals surface area contributed by atoms with Crippen LogP contribution in [0.1, 0.15) is 39.5 Å². The molecule has 3 fully saturated rings. The Labute approximate surface area is 195 Å². The predicted octanol–water partition coefficient (Wildman–Crippen LogP) is 1.82. The molecule has 6 nitrogen and oxygen atoms in total. The summed E-state index contributed by atoms with van der Waals surface area (Å²) in [6.07, 6.45) is 4.24. The normalized spacial score (nSPS) is 39.8. The molecule has 0 saturated carbocycles. The van der Waals surface area contributed by atoms with Gasteiger partial charge in [0.1, 0.15) is 0 Å². The number of hydrogen-bond donors (Lipinski definition) is 2. The minimum absolute atomic E-state index is 0.000337. The summed E-state index contributed by atoms with van der Waals surface area (Å²) in [6.45, 7) is 10.9. The minimum atomic E-state index is -0.00199. The van der Waals surface area contributed by atoms with Crippen molar-refractivity contribution >= 4 is 17.5 Å². The first kappa shape index (κ1) is 25.2. The lowest BCUT2D eigenvalue weighted by molar-refractivity contribution is -0.920. The first-order valence-corrected chi connectivity index (χ1v) is 13.0. The number of nitrogens with one attached hydrogen (secondary N) is 1. The van der Waals surface area contributed by atoms with E-state index in [0.717, 1.165) is 76.0 Å². The maximum Gasteiger partial charge on any atom is 0.231 e. The van der Waals surface area contributed by atoms with Crippen molar-refractivity contribution in [3.8, 4) is 0 Å². The number of nitrogens with zero attached hydrogens (tertiary/aromatic N) is 3. The Hall–Kier alpha value is -0.400. The second-order valence-corrected chi connectivity index (χ2v) is 11.5. The van der Waals surface area contributed by atoms with Gasteiger partial charge in [0.05, 0.1) is 32.6 Å². The van der Waals surface area contributed by atoms with Crippen LogP contribution in [0.15, 0.2) is 0 Å². The van der Waals surface area contributed by atoms with E-state index in [2.05, 4.69) is 50.1 Å². The fourth-order valence-corrected chi connectivity index (χ4v) is 7.50. The number of rotatable bonds is 5. The van der Waals surface area contributed by atoms with Crippen LogP contribution in [-0.2, 0) is 4.79 Å². The zero-order chi connectivity index (χ0) is 22.8. The van der Waals surface area contributed by atoms with Crippen molar-refractivity contribution in [1.29, 1.82) is 0 Å². The Morgan fingerprint density at radius 3 is 2.45 bits per heavy atom. The number of quaternary nitrogens is 1. The number of carbonyl (C=O) groups is 1. The summed E-state index contributed by atoms with van der Waals surface area (Å²) in [6, 6.07) is 0.572. The summed E-state index contributed by atoms with van der Waals surface area (Å²) in [4.78, 5) is 18.3. The van der Waals surface area contributed by atoms with Gasteiger partial charge in [-0.3, -0.25) is 4.79 Å². The molecule has 7 atom stereocenters. The van der Waals surface area contributed by atoms with Crippen molar-refractivity contribution in [2.75, 3.05) is 67.0 Å². The van der Waals surface area contributed by atoms with Crippen LogP contribution in [0, 0.1) is 23.7 Å². The fraction of sp³-hybridized carbons (Fsp3) is 0.958. The Bertz CT molecular complexity index is 595. The van der Waals surface area contributed by atoms with Crippen LogP contribution in [-0.4, -0.2) is 105 Å². The van der Waals surface area contributed by atoms with E-state index >= 15 is 0 Å². The summed E-state index contributed by atoms with van der Waals surface area (Å²) in [7, 11) is 6.80. The number of amides is 1. The third-order valence-corrected chi connectivity index (χ3v) is 9.17. The van der Waals surface area contributed by atoms with E-state index in [1.165, 1.54) is 0 Å². The average Bonchev–Trinajstić information content (AvgIpc) is 2.82. The molecule has 3 heterocycles. The second kappa shape index (κ2) is 10.7. The van der Waals surface area contributed by atoms with E-state index in [0.29, 0.717) is 23.8 Å². The Morgan fingerprint density at radius 2 is 1.87 bits per heavy atom. The molecule has 3 rings (SSSR count). The number of piperazine rings is 1. The van der Waals surface area contributed by atoms with E-state index in [4.69, 9.17) is 17.3 Å². The van der Waals surface area contributed by atoms with Crippen molar-refractivity contribution in [2.45, 2.75) is 57.0 Å². The highest BCUT2D eigenvalue weighted by Gasteiger charge is 2.54. The highest BCUT2D eigenvalue weighted by molar-refractivity contribution is 6.21. The summed E-state index contributed by atoms with van der Waals surface area (Å²) >= 11 is 7.47. The zero-order valence-corrected chi connectivity index (χ0v) is 21.3. The first-order chi connectivity index (χ1) is 14.7. The maximum atomic E-state index is 13.9. The van der Waals surface area contributed by atoms with Crippen molar-refractivity contribution in [3.05, 3.63) is 0 Å². The quantitative estimate of drug-likeness (QED) is 0.489. The van der Waals surface area contributed by atoms with E-state index in [-0.39, 0.29) is 23.3 Å². The SMILES string of the molecule is CCCC1C(C(=O)N2CCN(C)CC2)C[N+](C)(C)C(CC)C(C2CCNCC2N)C1Cl. The van der Waals surface area contributed by atoms with E-state index in [1.807, 2.05) is 0 Å². The highest BCUT2D eigenvalue weighted by atomic mass is 35.5. The van der Waals surface area contributed by atoms with E-state index in [9.17, 15) is 4.79 Å². The Morgan fingerprint density at radius 1 is 1.19 bits per heavy atom. The van der Waals surface area contributed by atoms with Crippen molar-refractivity contribution < 1.29 is 9.28 Å². The minimum Gasteiger partial charge on any atom is -0.340 e. The molecule has 0 aromatic rings. The number of likely N-dealkylation sites (N-methyl/N-ethyl adjacent to an activating group) is 1. The summed E-state index contributed by atoms with van der Waals surface area (Å²) in [5.41, 5.74) is 6.66. The van der Waals surface area contributed by atoms with Gasteiger partial charge in [-0.05, 0) is 44.7 Å². The number of nitrogens with two attached hydrogens (primary N) is 1. The van der Waals surface area contributed by atoms with Gasteiger partial charge in [-0.1, -0.05) is 20.3 Å². The molecule has 7 unspecified atom stereocenters. The molecule has 180 valence electrons. The molecule has 0 aromatic carbocycles. The monoisotopic (exact) mass is 456 g/mol. The molecule has 31 heavy (non-hydrogen) atoms. The lowest BCUT2D eigenvalue weighted by Crippen LogP contribution is -2.59. The molecular weight excluding hydrogens is 410 g/mol. The fourth-order valence-electron chi connectivity index (χ4n) is 6.85. The van der Waals surface area contributed by atoms with Gasteiger partial charge in [-0.25, -0.2) is 0 Å². The van der Waals surface area contributed by atoms with Gasteiger partial charge >= 0.3 is 0 Å². The van der Waals surface area contributed by atoms with Crippen LogP contribution in [0.25, 0.3) is 0 Å². The standard InChI is InChI=1S/C24H47ClN5O/c1-6-8-17-19(24(31)29-13-11-28(3)12-14-29)16-30(4,5)21(7-2)22(23(17)25)18-9-10-27-15-20(18)26/h17-23,27H,6-16,26H2,1-5H3/q+1. The second-order valence-electron chi connectivity index (χ2n) is 11.0. The van der Waals surface area contributed by atoms with Crippen molar-refractivity contribution in [2.24, 2.45) is 29.4 Å². The van der Waals surface area contributed by atoms with E-state index < -0.39 is 0 Å². The molecule has 3 saturated heterocycles. The Balaban J connectivity index is 1.95. The number of halogens is 1. The largest absolute Gasteiger partial charge is 0.340 e. The molecule has 3 aliphatic heterocycles. The number of hydrogen-bond acceptors (Lipinski definition) is 4. The van der Waals surface area contributed by atoms with Crippen LogP contribution in [0.2, 0.25) is 0 Å². The number of piperidine rings is 1. The van der Waals surface area contributed by atoms with Crippen LogP contribution in [0.4, 0.5) is 0 Å². The lowest BCUT2D eigenvalue weighted by Gasteiger charge is -2.46. The molecule has 0 aromatic heterocycles. The highest BCUT2D eigenvalue weighted by Crippen LogP contribution is 2.45. The van der Waals surface area contributed by atoms with Crippen LogP contribution in [0.5, 0.6) is 0 Å². The number of likely N-dealkylation sites (tertiary alicyclic amines) is 1. The molecule has 1 amide bonds. The zero-order valence-electron chi connectivity index (χ0n) is 20.5. The summed E-state index contributed by atoms with van der Waals surface area (Å²) in [5, 5.41) is 3.46. The van der Waals surface area contributed by atoms with Gasteiger partial charge < -0.3 is 25.3 Å². The van der Waals surface area contributed by atoms with Gasteiger partial charge in [-0.15, -0.1) is 11.6 Å². The molecule has 0 bridgehead atoms. The van der Waals surface area contributed by atoms with Gasteiger partial charge in [-0.2, -0.15) is 0 Å².